The molecule has 1 rings (SSSR count). The molecule has 0 saturated heterocycles. The van der Waals surface area contributed by atoms with E-state index in [-0.39, 0.29) is 25.1 Å². The molecular weight excluding hydrogens is 256 g/mol. The van der Waals surface area contributed by atoms with Gasteiger partial charge in [0.25, 0.3) is 0 Å². The fraction of sp³-hybridized carbons (Fsp3) is 0.333. The average molecular weight is 269 g/mol. The van der Waals surface area contributed by atoms with Crippen LogP contribution in [0.5, 0.6) is 0 Å². The summed E-state index contributed by atoms with van der Waals surface area (Å²) in [6.07, 6.45) is 0.391. The quantitative estimate of drug-likeness (QED) is 0.895. The molecule has 0 radical (unpaired) electrons. The molecule has 13 heavy (non-hydrogen) atoms. The summed E-state index contributed by atoms with van der Waals surface area (Å²) < 4.78 is 12.9. The lowest BCUT2D eigenvalue weighted by atomic mass is 10.1. The molecular formula is C9H12BrClFN. The molecule has 0 spiro atoms. The Labute approximate surface area is 92.1 Å². The smallest absolute Gasteiger partial charge is 0.0912 e. The highest BCUT2D eigenvalue weighted by Crippen LogP contribution is 2.17. The summed E-state index contributed by atoms with van der Waals surface area (Å²) in [5.41, 5.74) is 6.68. The first-order chi connectivity index (χ1) is 5.74. The Morgan fingerprint density at radius 3 is 2.31 bits per heavy atom. The van der Waals surface area contributed by atoms with Crippen LogP contribution in [-0.2, 0) is 0 Å². The van der Waals surface area contributed by atoms with Gasteiger partial charge >= 0.3 is 0 Å². The second-order valence-corrected chi connectivity index (χ2v) is 3.55. The third-order valence-corrected chi connectivity index (χ3v) is 2.25. The van der Waals surface area contributed by atoms with E-state index >= 15 is 0 Å². The van der Waals surface area contributed by atoms with Gasteiger partial charge < -0.3 is 5.73 Å². The van der Waals surface area contributed by atoms with Crippen molar-refractivity contribution in [1.29, 1.82) is 0 Å². The van der Waals surface area contributed by atoms with Crippen LogP contribution in [0, 0.1) is 0 Å². The summed E-state index contributed by atoms with van der Waals surface area (Å²) in [6, 6.07) is 7.46. The van der Waals surface area contributed by atoms with Crippen molar-refractivity contribution in [1.82, 2.24) is 0 Å². The zero-order valence-electron chi connectivity index (χ0n) is 7.04. The van der Waals surface area contributed by atoms with Gasteiger partial charge in [-0.15, -0.1) is 12.4 Å². The topological polar surface area (TPSA) is 26.0 Å². The van der Waals surface area contributed by atoms with Gasteiger partial charge in [-0.25, -0.2) is 0 Å². The SMILES string of the molecule is Cl.N[C@H](CCF)c1ccc(Br)cc1. The summed E-state index contributed by atoms with van der Waals surface area (Å²) in [5, 5.41) is 0. The zero-order valence-corrected chi connectivity index (χ0v) is 9.44. The van der Waals surface area contributed by atoms with Gasteiger partial charge in [-0.05, 0) is 24.1 Å². The number of rotatable bonds is 3. The predicted octanol–water partition coefficient (Wildman–Crippen LogP) is 3.23. The van der Waals surface area contributed by atoms with E-state index in [0.29, 0.717) is 6.42 Å². The Hall–Kier alpha value is -0.120. The van der Waals surface area contributed by atoms with Crippen molar-refractivity contribution < 1.29 is 4.39 Å². The summed E-state index contributed by atoms with van der Waals surface area (Å²) in [7, 11) is 0. The van der Waals surface area contributed by atoms with Gasteiger partial charge in [0.15, 0.2) is 0 Å². The minimum atomic E-state index is -0.364. The van der Waals surface area contributed by atoms with Crippen molar-refractivity contribution in [3.63, 3.8) is 0 Å². The van der Waals surface area contributed by atoms with Gasteiger partial charge in [-0.3, -0.25) is 4.39 Å². The predicted molar refractivity (Wildman–Crippen MR) is 58.9 cm³/mol. The molecule has 0 aromatic heterocycles. The van der Waals surface area contributed by atoms with Crippen molar-refractivity contribution >= 4 is 28.3 Å². The Bertz CT molecular complexity index is 240. The molecule has 4 heteroatoms. The number of hydrogen-bond acceptors (Lipinski definition) is 1. The minimum absolute atomic E-state index is 0. The number of nitrogens with two attached hydrogens (primary N) is 1. The molecule has 74 valence electrons. The largest absolute Gasteiger partial charge is 0.324 e. The van der Waals surface area contributed by atoms with Gasteiger partial charge in [0, 0.05) is 10.5 Å². The van der Waals surface area contributed by atoms with E-state index < -0.39 is 0 Å². The summed E-state index contributed by atoms with van der Waals surface area (Å²) >= 11 is 3.32. The molecule has 1 aromatic rings. The molecule has 1 nitrogen and oxygen atoms in total. The third-order valence-electron chi connectivity index (χ3n) is 1.72. The Kier molecular flexibility index (Phi) is 6.29. The molecule has 0 aliphatic heterocycles. The van der Waals surface area contributed by atoms with E-state index in [2.05, 4.69) is 15.9 Å². The molecule has 1 atom stereocenters. The lowest BCUT2D eigenvalue weighted by Crippen LogP contribution is -2.10. The lowest BCUT2D eigenvalue weighted by Gasteiger charge is -2.08. The van der Waals surface area contributed by atoms with Crippen LogP contribution in [0.1, 0.15) is 18.0 Å². The first-order valence-corrected chi connectivity index (χ1v) is 4.60. The van der Waals surface area contributed by atoms with Crippen LogP contribution in [0.15, 0.2) is 28.7 Å². The standard InChI is InChI=1S/C9H11BrFN.ClH/c10-8-3-1-7(2-4-8)9(12)5-6-11;/h1-4,9H,5-6,12H2;1H/t9-;/m1./s1. The first kappa shape index (κ1) is 12.9. The first-order valence-electron chi connectivity index (χ1n) is 3.81. The normalized spacial score (nSPS) is 11.9. The maximum atomic E-state index is 11.9. The number of halogens is 3. The molecule has 0 fully saturated rings. The molecule has 0 bridgehead atoms. The van der Waals surface area contributed by atoms with Crippen LogP contribution in [0.4, 0.5) is 4.39 Å². The fourth-order valence-corrected chi connectivity index (χ4v) is 1.26. The maximum Gasteiger partial charge on any atom is 0.0912 e. The van der Waals surface area contributed by atoms with E-state index in [1.54, 1.807) is 0 Å². The highest BCUT2D eigenvalue weighted by Gasteiger charge is 2.04. The summed E-state index contributed by atoms with van der Waals surface area (Å²) in [5.74, 6) is 0. The molecule has 0 aliphatic carbocycles. The molecule has 0 unspecified atom stereocenters. The molecule has 2 N–H and O–H groups in total. The van der Waals surface area contributed by atoms with Crippen LogP contribution in [0.25, 0.3) is 0 Å². The third kappa shape index (κ3) is 4.07. The number of hydrogen-bond donors (Lipinski definition) is 1. The average Bonchev–Trinajstić information content (AvgIpc) is 2.06. The van der Waals surface area contributed by atoms with E-state index in [1.165, 1.54) is 0 Å². The van der Waals surface area contributed by atoms with Crippen LogP contribution in [-0.4, -0.2) is 6.67 Å². The van der Waals surface area contributed by atoms with Crippen LogP contribution in [0.2, 0.25) is 0 Å². The molecule has 0 amide bonds. The zero-order chi connectivity index (χ0) is 8.97. The molecule has 0 heterocycles. The van der Waals surface area contributed by atoms with E-state index in [4.69, 9.17) is 5.73 Å². The Balaban J connectivity index is 0.00000144. The second-order valence-electron chi connectivity index (χ2n) is 2.64. The van der Waals surface area contributed by atoms with Gasteiger partial charge in [0.05, 0.1) is 6.67 Å². The van der Waals surface area contributed by atoms with Crippen LogP contribution >= 0.6 is 28.3 Å². The monoisotopic (exact) mass is 267 g/mol. The van der Waals surface area contributed by atoms with E-state index in [1.807, 2.05) is 24.3 Å². The van der Waals surface area contributed by atoms with Gasteiger partial charge in [0.1, 0.15) is 0 Å². The Morgan fingerprint density at radius 2 is 1.85 bits per heavy atom. The van der Waals surface area contributed by atoms with Crippen LogP contribution < -0.4 is 5.73 Å². The summed E-state index contributed by atoms with van der Waals surface area (Å²) in [4.78, 5) is 0. The Morgan fingerprint density at radius 1 is 1.31 bits per heavy atom. The van der Waals surface area contributed by atoms with Gasteiger partial charge in [-0.2, -0.15) is 0 Å². The lowest BCUT2D eigenvalue weighted by molar-refractivity contribution is 0.442. The molecule has 0 aliphatic rings. The van der Waals surface area contributed by atoms with Crippen molar-refractivity contribution in [2.24, 2.45) is 5.73 Å². The molecule has 0 saturated carbocycles. The number of benzene rings is 1. The number of alkyl halides is 1. The van der Waals surface area contributed by atoms with E-state index in [9.17, 15) is 4.39 Å². The van der Waals surface area contributed by atoms with Crippen molar-refractivity contribution in [3.8, 4) is 0 Å². The maximum absolute atomic E-state index is 11.9. The van der Waals surface area contributed by atoms with Gasteiger partial charge in [-0.1, -0.05) is 28.1 Å². The van der Waals surface area contributed by atoms with Crippen LogP contribution in [0.3, 0.4) is 0 Å². The highest BCUT2D eigenvalue weighted by atomic mass is 79.9. The molecule has 1 aromatic carbocycles. The van der Waals surface area contributed by atoms with E-state index in [0.717, 1.165) is 10.0 Å². The van der Waals surface area contributed by atoms with Crippen molar-refractivity contribution in [2.45, 2.75) is 12.5 Å². The van der Waals surface area contributed by atoms with Gasteiger partial charge in [0.2, 0.25) is 0 Å². The van der Waals surface area contributed by atoms with Crippen molar-refractivity contribution in [3.05, 3.63) is 34.3 Å². The second kappa shape index (κ2) is 6.35. The summed E-state index contributed by atoms with van der Waals surface area (Å²) in [6.45, 7) is -0.364. The van der Waals surface area contributed by atoms with Crippen molar-refractivity contribution in [2.75, 3.05) is 6.67 Å². The highest BCUT2D eigenvalue weighted by molar-refractivity contribution is 9.10. The fourth-order valence-electron chi connectivity index (χ4n) is 0.994. The minimum Gasteiger partial charge on any atom is -0.324 e.